The third kappa shape index (κ3) is 2.91. The molecule has 2 rings (SSSR count). The van der Waals surface area contributed by atoms with Crippen LogP contribution in [0.15, 0.2) is 24.3 Å². The zero-order valence-electron chi connectivity index (χ0n) is 10.1. The zero-order valence-corrected chi connectivity index (χ0v) is 10.1. The SMILES string of the molecule is CC(C(=O)c1ccc(F)cc1)C1CCCCN1. The summed E-state index contributed by atoms with van der Waals surface area (Å²) in [7, 11) is 0. The van der Waals surface area contributed by atoms with Crippen LogP contribution in [-0.4, -0.2) is 18.4 Å². The lowest BCUT2D eigenvalue weighted by atomic mass is 9.87. The first-order valence-corrected chi connectivity index (χ1v) is 6.21. The van der Waals surface area contributed by atoms with Gasteiger partial charge in [-0.3, -0.25) is 4.79 Å². The van der Waals surface area contributed by atoms with E-state index in [9.17, 15) is 9.18 Å². The van der Waals surface area contributed by atoms with Crippen molar-refractivity contribution in [2.24, 2.45) is 5.92 Å². The van der Waals surface area contributed by atoms with Gasteiger partial charge in [-0.2, -0.15) is 0 Å². The predicted octanol–water partition coefficient (Wildman–Crippen LogP) is 2.79. The highest BCUT2D eigenvalue weighted by Gasteiger charge is 2.25. The number of piperidine rings is 1. The minimum Gasteiger partial charge on any atom is -0.313 e. The van der Waals surface area contributed by atoms with Gasteiger partial charge in [0.2, 0.25) is 0 Å². The fourth-order valence-electron chi connectivity index (χ4n) is 2.37. The number of hydrogen-bond donors (Lipinski definition) is 1. The van der Waals surface area contributed by atoms with Gasteiger partial charge < -0.3 is 5.32 Å². The smallest absolute Gasteiger partial charge is 0.167 e. The Kier molecular flexibility index (Phi) is 3.89. The second-order valence-electron chi connectivity index (χ2n) is 4.72. The molecule has 0 bridgehead atoms. The zero-order chi connectivity index (χ0) is 12.3. The van der Waals surface area contributed by atoms with Crippen molar-refractivity contribution in [3.8, 4) is 0 Å². The molecule has 1 aromatic carbocycles. The van der Waals surface area contributed by atoms with Crippen molar-refractivity contribution < 1.29 is 9.18 Å². The van der Waals surface area contributed by atoms with E-state index in [0.29, 0.717) is 5.56 Å². The number of benzene rings is 1. The molecule has 17 heavy (non-hydrogen) atoms. The highest BCUT2D eigenvalue weighted by Crippen LogP contribution is 2.19. The average Bonchev–Trinajstić information content (AvgIpc) is 2.39. The maximum atomic E-state index is 12.8. The first kappa shape index (κ1) is 12.2. The Bertz CT molecular complexity index is 382. The number of carbonyl (C=O) groups excluding carboxylic acids is 1. The van der Waals surface area contributed by atoms with Crippen LogP contribution in [0.25, 0.3) is 0 Å². The monoisotopic (exact) mass is 235 g/mol. The summed E-state index contributed by atoms with van der Waals surface area (Å²) in [5.74, 6) is -0.241. The van der Waals surface area contributed by atoms with Gasteiger partial charge in [-0.25, -0.2) is 4.39 Å². The molecule has 1 aromatic rings. The topological polar surface area (TPSA) is 29.1 Å². The van der Waals surface area contributed by atoms with E-state index in [1.807, 2.05) is 6.92 Å². The van der Waals surface area contributed by atoms with Crippen LogP contribution in [0.2, 0.25) is 0 Å². The number of nitrogens with one attached hydrogen (secondary N) is 1. The third-order valence-corrected chi connectivity index (χ3v) is 3.49. The van der Waals surface area contributed by atoms with E-state index < -0.39 is 0 Å². The lowest BCUT2D eigenvalue weighted by Gasteiger charge is -2.28. The summed E-state index contributed by atoms with van der Waals surface area (Å²) in [6.07, 6.45) is 3.42. The Balaban J connectivity index is 2.05. The third-order valence-electron chi connectivity index (χ3n) is 3.49. The minimum absolute atomic E-state index is 0.0410. The molecule has 1 heterocycles. The summed E-state index contributed by atoms with van der Waals surface area (Å²) in [5.41, 5.74) is 0.603. The molecule has 3 heteroatoms. The molecule has 1 saturated heterocycles. The Morgan fingerprint density at radius 3 is 2.65 bits per heavy atom. The summed E-state index contributed by atoms with van der Waals surface area (Å²) >= 11 is 0. The van der Waals surface area contributed by atoms with Crippen molar-refractivity contribution in [2.45, 2.75) is 32.2 Å². The summed E-state index contributed by atoms with van der Waals surface area (Å²) in [6.45, 7) is 2.94. The number of hydrogen-bond acceptors (Lipinski definition) is 2. The predicted molar refractivity (Wildman–Crippen MR) is 65.5 cm³/mol. The van der Waals surface area contributed by atoms with Crippen molar-refractivity contribution in [3.63, 3.8) is 0 Å². The van der Waals surface area contributed by atoms with Gasteiger partial charge in [0.1, 0.15) is 5.82 Å². The van der Waals surface area contributed by atoms with Gasteiger partial charge in [0, 0.05) is 17.5 Å². The maximum absolute atomic E-state index is 12.8. The van der Waals surface area contributed by atoms with Crippen LogP contribution in [0.3, 0.4) is 0 Å². The molecule has 2 nitrogen and oxygen atoms in total. The van der Waals surface area contributed by atoms with Gasteiger partial charge >= 0.3 is 0 Å². The summed E-state index contributed by atoms with van der Waals surface area (Å²) < 4.78 is 12.8. The number of halogens is 1. The molecule has 1 aliphatic heterocycles. The van der Waals surface area contributed by atoms with E-state index >= 15 is 0 Å². The van der Waals surface area contributed by atoms with E-state index in [0.717, 1.165) is 13.0 Å². The van der Waals surface area contributed by atoms with Crippen molar-refractivity contribution in [2.75, 3.05) is 6.54 Å². The first-order valence-electron chi connectivity index (χ1n) is 6.21. The van der Waals surface area contributed by atoms with Gasteiger partial charge in [0.15, 0.2) is 5.78 Å². The molecule has 1 aliphatic rings. The number of carbonyl (C=O) groups is 1. The molecule has 2 unspecified atom stereocenters. The molecule has 0 amide bonds. The quantitative estimate of drug-likeness (QED) is 0.816. The molecule has 0 spiro atoms. The highest BCUT2D eigenvalue weighted by atomic mass is 19.1. The molecule has 0 aromatic heterocycles. The van der Waals surface area contributed by atoms with Crippen LogP contribution < -0.4 is 5.32 Å². The van der Waals surface area contributed by atoms with Crippen LogP contribution in [0, 0.1) is 11.7 Å². The van der Waals surface area contributed by atoms with Crippen molar-refractivity contribution >= 4 is 5.78 Å². The Hall–Kier alpha value is -1.22. The van der Waals surface area contributed by atoms with E-state index in [2.05, 4.69) is 5.32 Å². The first-order chi connectivity index (χ1) is 8.18. The van der Waals surface area contributed by atoms with E-state index in [1.54, 1.807) is 12.1 Å². The second-order valence-corrected chi connectivity index (χ2v) is 4.72. The Morgan fingerprint density at radius 1 is 1.35 bits per heavy atom. The second kappa shape index (κ2) is 5.41. The Labute approximate surface area is 101 Å². The minimum atomic E-state index is -0.301. The van der Waals surface area contributed by atoms with Crippen molar-refractivity contribution in [3.05, 3.63) is 35.6 Å². The highest BCUT2D eigenvalue weighted by molar-refractivity contribution is 5.98. The largest absolute Gasteiger partial charge is 0.313 e. The van der Waals surface area contributed by atoms with Crippen molar-refractivity contribution in [1.29, 1.82) is 0 Å². The molecule has 0 aliphatic carbocycles. The van der Waals surface area contributed by atoms with E-state index in [-0.39, 0.29) is 23.6 Å². The summed E-state index contributed by atoms with van der Waals surface area (Å²) in [4.78, 5) is 12.2. The number of rotatable bonds is 3. The van der Waals surface area contributed by atoms with E-state index in [1.165, 1.54) is 25.0 Å². The number of ketones is 1. The lowest BCUT2D eigenvalue weighted by Crippen LogP contribution is -2.41. The van der Waals surface area contributed by atoms with Gasteiger partial charge in [0.25, 0.3) is 0 Å². The molecule has 92 valence electrons. The standard InChI is InChI=1S/C14H18FNO/c1-10(13-4-2-3-9-16-13)14(17)11-5-7-12(15)8-6-11/h5-8,10,13,16H,2-4,9H2,1H3. The summed E-state index contributed by atoms with van der Waals surface area (Å²) in [5, 5.41) is 3.39. The van der Waals surface area contributed by atoms with E-state index in [4.69, 9.17) is 0 Å². The van der Waals surface area contributed by atoms with Gasteiger partial charge in [0.05, 0.1) is 0 Å². The fraction of sp³-hybridized carbons (Fsp3) is 0.500. The Morgan fingerprint density at radius 2 is 2.06 bits per heavy atom. The fourth-order valence-corrected chi connectivity index (χ4v) is 2.37. The molecule has 2 atom stereocenters. The lowest BCUT2D eigenvalue weighted by molar-refractivity contribution is 0.0892. The van der Waals surface area contributed by atoms with Gasteiger partial charge in [-0.05, 0) is 43.7 Å². The van der Waals surface area contributed by atoms with Crippen molar-refractivity contribution in [1.82, 2.24) is 5.32 Å². The molecule has 0 radical (unpaired) electrons. The summed E-state index contributed by atoms with van der Waals surface area (Å²) in [6, 6.07) is 6.08. The van der Waals surface area contributed by atoms with Crippen LogP contribution in [0.4, 0.5) is 4.39 Å². The van der Waals surface area contributed by atoms with Gasteiger partial charge in [-0.1, -0.05) is 13.3 Å². The molecule has 0 saturated carbocycles. The van der Waals surface area contributed by atoms with Crippen LogP contribution >= 0.6 is 0 Å². The number of Topliss-reactive ketones (excluding diaryl/α,β-unsaturated/α-hetero) is 1. The normalized spacial score (nSPS) is 22.1. The molecular weight excluding hydrogens is 217 g/mol. The van der Waals surface area contributed by atoms with Crippen LogP contribution in [0.1, 0.15) is 36.5 Å². The molecular formula is C14H18FNO. The molecule has 1 fully saturated rings. The van der Waals surface area contributed by atoms with Gasteiger partial charge in [-0.15, -0.1) is 0 Å². The van der Waals surface area contributed by atoms with Crippen LogP contribution in [0.5, 0.6) is 0 Å². The van der Waals surface area contributed by atoms with Crippen LogP contribution in [-0.2, 0) is 0 Å². The molecule has 1 N–H and O–H groups in total. The maximum Gasteiger partial charge on any atom is 0.167 e. The average molecular weight is 235 g/mol.